The van der Waals surface area contributed by atoms with E-state index in [1.165, 1.54) is 17.8 Å². The molecule has 0 amide bonds. The van der Waals surface area contributed by atoms with Crippen molar-refractivity contribution in [2.75, 3.05) is 13.7 Å². The number of hydrogen-bond acceptors (Lipinski definition) is 5. The Morgan fingerprint density at radius 1 is 1.43 bits per heavy atom. The maximum absolute atomic E-state index is 11.1. The van der Waals surface area contributed by atoms with Crippen LogP contribution in [-0.2, 0) is 11.3 Å². The Morgan fingerprint density at radius 3 is 2.71 bits per heavy atom. The molecule has 0 saturated carbocycles. The van der Waals surface area contributed by atoms with Crippen LogP contribution in [0.2, 0.25) is 0 Å². The predicted octanol–water partition coefficient (Wildman–Crippen LogP) is 1.33. The number of fused-ring (bicyclic) bond motifs is 1. The molecule has 0 saturated heterocycles. The van der Waals surface area contributed by atoms with E-state index in [0.29, 0.717) is 17.0 Å². The lowest BCUT2D eigenvalue weighted by Crippen LogP contribution is -2.28. The van der Waals surface area contributed by atoms with E-state index in [4.69, 9.17) is 14.6 Å². The highest BCUT2D eigenvalue weighted by Gasteiger charge is 2.19. The summed E-state index contributed by atoms with van der Waals surface area (Å²) in [5.74, 6) is -0.551. The van der Waals surface area contributed by atoms with Gasteiger partial charge in [0.15, 0.2) is 0 Å². The molecule has 2 aromatic rings. The fraction of sp³-hybridized carbons (Fsp3) is 0.429. The average Bonchev–Trinajstić information content (AvgIpc) is 2.81. The molecule has 21 heavy (non-hydrogen) atoms. The maximum atomic E-state index is 11.1. The van der Waals surface area contributed by atoms with Crippen LogP contribution in [0.25, 0.3) is 5.52 Å². The second kappa shape index (κ2) is 5.71. The summed E-state index contributed by atoms with van der Waals surface area (Å²) >= 11 is 0. The lowest BCUT2D eigenvalue weighted by Gasteiger charge is -2.19. The van der Waals surface area contributed by atoms with E-state index in [1.807, 2.05) is 0 Å². The molecule has 0 radical (unpaired) electrons. The number of rotatable bonds is 6. The summed E-state index contributed by atoms with van der Waals surface area (Å²) in [5.41, 5.74) is 0.189. The topological polar surface area (TPSA) is 93.3 Å². The summed E-state index contributed by atoms with van der Waals surface area (Å²) in [5, 5.41) is 22.9. The quantitative estimate of drug-likeness (QED) is 0.835. The van der Waals surface area contributed by atoms with Gasteiger partial charge in [-0.25, -0.2) is 9.31 Å². The third kappa shape index (κ3) is 3.32. The third-order valence-electron chi connectivity index (χ3n) is 2.83. The van der Waals surface area contributed by atoms with Crippen molar-refractivity contribution >= 4 is 11.5 Å². The summed E-state index contributed by atoms with van der Waals surface area (Å²) < 4.78 is 12.2. The molecule has 0 atom stereocenters. The molecule has 2 heterocycles. The number of ether oxygens (including phenoxy) is 2. The zero-order chi connectivity index (χ0) is 15.6. The standard InChI is InChI=1S/C14H18N2O5/c1-14(2,19)8-21-12-5-4-10-9(13(17)18)6-15-16(10)11(12)7-20-3/h4-6,19H,7-8H2,1-3H3,(H,17,18). The summed E-state index contributed by atoms with van der Waals surface area (Å²) in [6.45, 7) is 3.58. The van der Waals surface area contributed by atoms with Crippen LogP contribution in [0.5, 0.6) is 5.75 Å². The highest BCUT2D eigenvalue weighted by atomic mass is 16.5. The van der Waals surface area contributed by atoms with Crippen LogP contribution in [0.3, 0.4) is 0 Å². The largest absolute Gasteiger partial charge is 0.489 e. The molecule has 0 fully saturated rings. The zero-order valence-electron chi connectivity index (χ0n) is 12.2. The fourth-order valence-electron chi connectivity index (χ4n) is 1.91. The van der Waals surface area contributed by atoms with E-state index in [9.17, 15) is 9.90 Å². The third-order valence-corrected chi connectivity index (χ3v) is 2.83. The predicted molar refractivity (Wildman–Crippen MR) is 74.7 cm³/mol. The molecule has 114 valence electrons. The van der Waals surface area contributed by atoms with E-state index in [1.54, 1.807) is 26.0 Å². The van der Waals surface area contributed by atoms with Crippen molar-refractivity contribution in [1.82, 2.24) is 9.61 Å². The minimum Gasteiger partial charge on any atom is -0.489 e. The summed E-state index contributed by atoms with van der Waals surface area (Å²) in [6.07, 6.45) is 1.29. The van der Waals surface area contributed by atoms with Crippen molar-refractivity contribution in [3.8, 4) is 5.75 Å². The van der Waals surface area contributed by atoms with Crippen molar-refractivity contribution in [3.05, 3.63) is 29.6 Å². The minimum atomic E-state index is -1.04. The minimum absolute atomic E-state index is 0.0995. The molecule has 0 bridgehead atoms. The second-order valence-electron chi connectivity index (χ2n) is 5.34. The van der Waals surface area contributed by atoms with E-state index in [2.05, 4.69) is 5.10 Å². The number of hydrogen-bond donors (Lipinski definition) is 2. The Labute approximate surface area is 121 Å². The molecule has 2 N–H and O–H groups in total. The van der Waals surface area contributed by atoms with Gasteiger partial charge in [0.1, 0.15) is 23.6 Å². The van der Waals surface area contributed by atoms with Gasteiger partial charge in [-0.15, -0.1) is 0 Å². The molecule has 7 nitrogen and oxygen atoms in total. The first-order valence-electron chi connectivity index (χ1n) is 6.40. The van der Waals surface area contributed by atoms with E-state index in [0.717, 1.165) is 0 Å². The number of carbonyl (C=O) groups is 1. The van der Waals surface area contributed by atoms with Crippen molar-refractivity contribution in [2.45, 2.75) is 26.1 Å². The normalized spacial score (nSPS) is 11.8. The van der Waals surface area contributed by atoms with Crippen LogP contribution in [0.15, 0.2) is 18.3 Å². The van der Waals surface area contributed by atoms with Crippen molar-refractivity contribution < 1.29 is 24.5 Å². The molecule has 0 aliphatic carbocycles. The van der Waals surface area contributed by atoms with Crippen LogP contribution in [0, 0.1) is 0 Å². The molecule has 7 heteroatoms. The van der Waals surface area contributed by atoms with Crippen molar-refractivity contribution in [1.29, 1.82) is 0 Å². The molecule has 0 aliphatic rings. The first kappa shape index (κ1) is 15.3. The highest BCUT2D eigenvalue weighted by molar-refractivity contribution is 5.95. The Morgan fingerprint density at radius 2 is 2.14 bits per heavy atom. The Kier molecular flexibility index (Phi) is 4.15. The van der Waals surface area contributed by atoms with Gasteiger partial charge in [0, 0.05) is 7.11 Å². The molecule has 0 aliphatic heterocycles. The molecular formula is C14H18N2O5. The zero-order valence-corrected chi connectivity index (χ0v) is 12.2. The summed E-state index contributed by atoms with van der Waals surface area (Å²) in [7, 11) is 1.53. The van der Waals surface area contributed by atoms with Crippen LogP contribution in [-0.4, -0.2) is 45.1 Å². The van der Waals surface area contributed by atoms with Gasteiger partial charge >= 0.3 is 5.97 Å². The van der Waals surface area contributed by atoms with Crippen LogP contribution in [0.4, 0.5) is 0 Å². The summed E-state index contributed by atoms with van der Waals surface area (Å²) in [4.78, 5) is 11.1. The van der Waals surface area contributed by atoms with E-state index >= 15 is 0 Å². The van der Waals surface area contributed by atoms with Gasteiger partial charge in [-0.05, 0) is 26.0 Å². The van der Waals surface area contributed by atoms with Crippen LogP contribution < -0.4 is 4.74 Å². The van der Waals surface area contributed by atoms with Crippen molar-refractivity contribution in [3.63, 3.8) is 0 Å². The Hall–Kier alpha value is -2.12. The molecule has 0 unspecified atom stereocenters. The molecule has 2 rings (SSSR count). The van der Waals surface area contributed by atoms with Crippen LogP contribution in [0.1, 0.15) is 29.9 Å². The van der Waals surface area contributed by atoms with Gasteiger partial charge in [-0.1, -0.05) is 0 Å². The van der Waals surface area contributed by atoms with Gasteiger partial charge in [0.25, 0.3) is 0 Å². The van der Waals surface area contributed by atoms with Gasteiger partial charge < -0.3 is 19.7 Å². The number of aliphatic hydroxyl groups is 1. The monoisotopic (exact) mass is 294 g/mol. The van der Waals surface area contributed by atoms with Gasteiger partial charge in [0.2, 0.25) is 0 Å². The lowest BCUT2D eigenvalue weighted by molar-refractivity contribution is 0.0271. The highest BCUT2D eigenvalue weighted by Crippen LogP contribution is 2.24. The van der Waals surface area contributed by atoms with Crippen LogP contribution >= 0.6 is 0 Å². The molecule has 2 aromatic heterocycles. The van der Waals surface area contributed by atoms with Crippen molar-refractivity contribution in [2.24, 2.45) is 0 Å². The Bertz CT molecular complexity index is 657. The van der Waals surface area contributed by atoms with Gasteiger partial charge in [-0.2, -0.15) is 5.10 Å². The smallest absolute Gasteiger partial charge is 0.339 e. The first-order chi connectivity index (χ1) is 9.83. The summed E-state index contributed by atoms with van der Waals surface area (Å²) in [6, 6.07) is 3.28. The molecule has 0 aromatic carbocycles. The van der Waals surface area contributed by atoms with E-state index < -0.39 is 11.6 Å². The first-order valence-corrected chi connectivity index (χ1v) is 6.40. The number of aromatic carboxylic acids is 1. The number of nitrogens with zero attached hydrogens (tertiary/aromatic N) is 2. The molecule has 0 spiro atoms. The maximum Gasteiger partial charge on any atom is 0.339 e. The SMILES string of the molecule is COCc1c(OCC(C)(C)O)ccc2c(C(=O)O)cnn12. The molecular weight excluding hydrogens is 276 g/mol. The number of aromatic nitrogens is 2. The number of carboxylic acids is 1. The van der Waals surface area contributed by atoms with Gasteiger partial charge in [-0.3, -0.25) is 0 Å². The number of carboxylic acid groups (broad SMARTS) is 1. The van der Waals surface area contributed by atoms with E-state index in [-0.39, 0.29) is 18.8 Å². The lowest BCUT2D eigenvalue weighted by atomic mass is 10.2. The second-order valence-corrected chi connectivity index (χ2v) is 5.34. The number of methoxy groups -OCH3 is 1. The van der Waals surface area contributed by atoms with Gasteiger partial charge in [0.05, 0.1) is 23.9 Å². The number of pyridine rings is 1. The fourth-order valence-corrected chi connectivity index (χ4v) is 1.91. The average molecular weight is 294 g/mol. The Balaban J connectivity index is 2.46.